The van der Waals surface area contributed by atoms with Crippen LogP contribution in [0.25, 0.3) is 0 Å². The largest absolute Gasteiger partial charge is 0.487 e. The van der Waals surface area contributed by atoms with E-state index >= 15 is 0 Å². The second kappa shape index (κ2) is 4.11. The number of likely N-dealkylation sites (tertiary alicyclic amines) is 1. The van der Waals surface area contributed by atoms with Crippen LogP contribution in [0.3, 0.4) is 0 Å². The van der Waals surface area contributed by atoms with Gasteiger partial charge in [0.15, 0.2) is 0 Å². The lowest BCUT2D eigenvalue weighted by atomic mass is 10.2. The minimum atomic E-state index is 0.292. The summed E-state index contributed by atoms with van der Waals surface area (Å²) in [6.07, 6.45) is 1.38. The van der Waals surface area contributed by atoms with E-state index in [9.17, 15) is 0 Å². The number of nitrogen functional groups attached to an aromatic ring is 1. The first-order chi connectivity index (χ1) is 7.15. The number of rotatable bonds is 2. The topological polar surface area (TPSA) is 38.5 Å². The van der Waals surface area contributed by atoms with Crippen LogP contribution in [0, 0.1) is 6.92 Å². The molecule has 1 aliphatic rings. The van der Waals surface area contributed by atoms with Gasteiger partial charge >= 0.3 is 0 Å². The molecule has 0 aromatic heterocycles. The number of nitrogens with two attached hydrogens (primary N) is 1. The Hall–Kier alpha value is -1.22. The molecule has 1 atom stereocenters. The fourth-order valence-electron chi connectivity index (χ4n) is 1.95. The smallest absolute Gasteiger partial charge is 0.142 e. The zero-order valence-electron chi connectivity index (χ0n) is 9.36. The molecule has 1 fully saturated rings. The first-order valence-electron chi connectivity index (χ1n) is 5.36. The number of hydrogen-bond acceptors (Lipinski definition) is 3. The zero-order valence-corrected chi connectivity index (χ0v) is 9.36. The number of nitrogens with zero attached hydrogens (tertiary/aromatic N) is 1. The van der Waals surface area contributed by atoms with E-state index in [0.717, 1.165) is 30.9 Å². The van der Waals surface area contributed by atoms with E-state index in [1.807, 2.05) is 25.1 Å². The van der Waals surface area contributed by atoms with Crippen molar-refractivity contribution in [3.05, 3.63) is 23.8 Å². The van der Waals surface area contributed by atoms with E-state index in [0.29, 0.717) is 6.10 Å². The van der Waals surface area contributed by atoms with Crippen molar-refractivity contribution in [3.63, 3.8) is 0 Å². The standard InChI is InChI=1S/C12H18N2O/c1-9-3-4-12(11(13)7-9)15-10-5-6-14(2)8-10/h3-4,7,10H,5-6,8,13H2,1-2H3. The van der Waals surface area contributed by atoms with Crippen molar-refractivity contribution >= 4 is 5.69 Å². The number of benzene rings is 1. The molecule has 3 heteroatoms. The van der Waals surface area contributed by atoms with Gasteiger partial charge in [0.1, 0.15) is 11.9 Å². The molecule has 1 aromatic carbocycles. The molecule has 1 unspecified atom stereocenters. The summed E-state index contributed by atoms with van der Waals surface area (Å²) in [6, 6.07) is 5.95. The minimum Gasteiger partial charge on any atom is -0.487 e. The molecule has 2 rings (SSSR count). The fraction of sp³-hybridized carbons (Fsp3) is 0.500. The molecule has 82 valence electrons. The molecule has 1 aromatic rings. The summed E-state index contributed by atoms with van der Waals surface area (Å²) in [5.41, 5.74) is 7.81. The van der Waals surface area contributed by atoms with Crippen LogP contribution in [0.15, 0.2) is 18.2 Å². The Bertz CT molecular complexity index is 351. The first kappa shape index (κ1) is 10.3. The average molecular weight is 206 g/mol. The molecule has 0 aliphatic carbocycles. The summed E-state index contributed by atoms with van der Waals surface area (Å²) in [6.45, 7) is 4.13. The van der Waals surface area contributed by atoms with Crippen LogP contribution in [0.5, 0.6) is 5.75 Å². The van der Waals surface area contributed by atoms with E-state index in [-0.39, 0.29) is 0 Å². The van der Waals surface area contributed by atoms with Crippen LogP contribution in [0.1, 0.15) is 12.0 Å². The second-order valence-electron chi connectivity index (χ2n) is 4.33. The number of hydrogen-bond donors (Lipinski definition) is 1. The van der Waals surface area contributed by atoms with Crippen molar-refractivity contribution < 1.29 is 4.74 Å². The normalized spacial score (nSPS) is 21.9. The number of likely N-dealkylation sites (N-methyl/N-ethyl adjacent to an activating group) is 1. The van der Waals surface area contributed by atoms with E-state index in [1.165, 1.54) is 5.56 Å². The van der Waals surface area contributed by atoms with Crippen LogP contribution in [0.2, 0.25) is 0 Å². The second-order valence-corrected chi connectivity index (χ2v) is 4.33. The van der Waals surface area contributed by atoms with E-state index in [1.54, 1.807) is 0 Å². The SMILES string of the molecule is Cc1ccc(OC2CCN(C)C2)c(N)c1. The van der Waals surface area contributed by atoms with Gasteiger partial charge in [-0.05, 0) is 38.1 Å². The average Bonchev–Trinajstić information content (AvgIpc) is 2.56. The Labute approximate surface area is 90.8 Å². The van der Waals surface area contributed by atoms with Gasteiger partial charge in [0.05, 0.1) is 5.69 Å². The maximum absolute atomic E-state index is 5.90. The molecule has 15 heavy (non-hydrogen) atoms. The predicted octanol–water partition coefficient (Wildman–Crippen LogP) is 1.66. The Kier molecular flexibility index (Phi) is 2.82. The lowest BCUT2D eigenvalue weighted by Crippen LogP contribution is -2.21. The third-order valence-electron chi connectivity index (χ3n) is 2.81. The highest BCUT2D eigenvalue weighted by atomic mass is 16.5. The van der Waals surface area contributed by atoms with Gasteiger partial charge in [-0.1, -0.05) is 6.07 Å². The summed E-state index contributed by atoms with van der Waals surface area (Å²) < 4.78 is 5.86. The summed E-state index contributed by atoms with van der Waals surface area (Å²) in [5.74, 6) is 0.820. The molecular weight excluding hydrogens is 188 g/mol. The maximum Gasteiger partial charge on any atom is 0.142 e. The van der Waals surface area contributed by atoms with Crippen LogP contribution in [-0.2, 0) is 0 Å². The van der Waals surface area contributed by atoms with Crippen molar-refractivity contribution in [2.75, 3.05) is 25.9 Å². The van der Waals surface area contributed by atoms with Gasteiger partial charge in [-0.15, -0.1) is 0 Å². The van der Waals surface area contributed by atoms with Crippen molar-refractivity contribution in [1.29, 1.82) is 0 Å². The molecule has 0 saturated carbocycles. The quantitative estimate of drug-likeness (QED) is 0.748. The lowest BCUT2D eigenvalue weighted by Gasteiger charge is -2.15. The van der Waals surface area contributed by atoms with Crippen LogP contribution in [0.4, 0.5) is 5.69 Å². The van der Waals surface area contributed by atoms with Crippen molar-refractivity contribution in [1.82, 2.24) is 4.90 Å². The van der Waals surface area contributed by atoms with Gasteiger partial charge in [0.25, 0.3) is 0 Å². The van der Waals surface area contributed by atoms with Gasteiger partial charge in [-0.3, -0.25) is 0 Å². The van der Waals surface area contributed by atoms with E-state index < -0.39 is 0 Å². The fourth-order valence-corrected chi connectivity index (χ4v) is 1.95. The van der Waals surface area contributed by atoms with Crippen LogP contribution in [-0.4, -0.2) is 31.1 Å². The molecule has 0 amide bonds. The molecule has 0 bridgehead atoms. The molecule has 0 radical (unpaired) electrons. The highest BCUT2D eigenvalue weighted by Crippen LogP contribution is 2.25. The van der Waals surface area contributed by atoms with E-state index in [2.05, 4.69) is 11.9 Å². The number of anilines is 1. The first-order valence-corrected chi connectivity index (χ1v) is 5.36. The van der Waals surface area contributed by atoms with Gasteiger partial charge in [0.2, 0.25) is 0 Å². The Morgan fingerprint density at radius 3 is 2.87 bits per heavy atom. The molecule has 1 aliphatic heterocycles. The lowest BCUT2D eigenvalue weighted by molar-refractivity contribution is 0.209. The van der Waals surface area contributed by atoms with Crippen molar-refractivity contribution in [3.8, 4) is 5.75 Å². The molecule has 1 saturated heterocycles. The third kappa shape index (κ3) is 2.42. The summed E-state index contributed by atoms with van der Waals surface area (Å²) >= 11 is 0. The molecule has 1 heterocycles. The van der Waals surface area contributed by atoms with Crippen LogP contribution < -0.4 is 10.5 Å². The molecule has 3 nitrogen and oxygen atoms in total. The minimum absolute atomic E-state index is 0.292. The van der Waals surface area contributed by atoms with Gasteiger partial charge in [0, 0.05) is 13.1 Å². The Balaban J connectivity index is 2.04. The summed E-state index contributed by atoms with van der Waals surface area (Å²) in [7, 11) is 2.11. The number of ether oxygens (including phenoxy) is 1. The van der Waals surface area contributed by atoms with Gasteiger partial charge < -0.3 is 15.4 Å². The zero-order chi connectivity index (χ0) is 10.8. The molecule has 2 N–H and O–H groups in total. The van der Waals surface area contributed by atoms with Gasteiger partial charge in [-0.2, -0.15) is 0 Å². The predicted molar refractivity (Wildman–Crippen MR) is 62.1 cm³/mol. The highest BCUT2D eigenvalue weighted by molar-refractivity contribution is 5.54. The number of aryl methyl sites for hydroxylation is 1. The molecular formula is C12H18N2O. The van der Waals surface area contributed by atoms with E-state index in [4.69, 9.17) is 10.5 Å². The molecule has 0 spiro atoms. The summed E-state index contributed by atoms with van der Waals surface area (Å²) in [4.78, 5) is 2.27. The Morgan fingerprint density at radius 2 is 2.27 bits per heavy atom. The van der Waals surface area contributed by atoms with Gasteiger partial charge in [-0.25, -0.2) is 0 Å². The maximum atomic E-state index is 5.90. The third-order valence-corrected chi connectivity index (χ3v) is 2.81. The van der Waals surface area contributed by atoms with Crippen molar-refractivity contribution in [2.45, 2.75) is 19.4 Å². The Morgan fingerprint density at radius 1 is 1.47 bits per heavy atom. The summed E-state index contributed by atoms with van der Waals surface area (Å²) in [5, 5.41) is 0. The van der Waals surface area contributed by atoms with Crippen molar-refractivity contribution in [2.24, 2.45) is 0 Å². The monoisotopic (exact) mass is 206 g/mol. The van der Waals surface area contributed by atoms with Crippen LogP contribution >= 0.6 is 0 Å². The highest BCUT2D eigenvalue weighted by Gasteiger charge is 2.21.